The summed E-state index contributed by atoms with van der Waals surface area (Å²) in [7, 11) is 0. The average Bonchev–Trinajstić information content (AvgIpc) is 3.03. The third kappa shape index (κ3) is 5.34. The summed E-state index contributed by atoms with van der Waals surface area (Å²) in [5.74, 6) is 1.93. The van der Waals surface area contributed by atoms with Gasteiger partial charge in [-0.05, 0) is 38.2 Å². The highest BCUT2D eigenvalue weighted by Crippen LogP contribution is 2.28. The first-order valence-corrected chi connectivity index (χ1v) is 11.2. The van der Waals surface area contributed by atoms with Crippen molar-refractivity contribution in [3.63, 3.8) is 0 Å². The Bertz CT molecular complexity index is 771. The molecule has 2 aromatic rings. The number of fused-ring (bicyclic) bond motifs is 1. The molecular weight excluding hydrogens is 366 g/mol. The summed E-state index contributed by atoms with van der Waals surface area (Å²) in [6.45, 7) is 2.70. The van der Waals surface area contributed by atoms with E-state index in [1.807, 2.05) is 6.20 Å². The number of pyridine rings is 1. The molecule has 2 aromatic heterocycles. The standard InChI is InChI=1S/C22H33N5O2/c28-12-5-13-29-18-8-10-27(11-9-18)21-14-19-20(15-23-21)24-16-25-22(19)26-17-6-3-1-2-4-7-17/h14-18,28H,1-13H2,(H,24,25,26). The van der Waals surface area contributed by atoms with Crippen LogP contribution in [0.2, 0.25) is 0 Å². The minimum Gasteiger partial charge on any atom is -0.396 e. The maximum Gasteiger partial charge on any atom is 0.137 e. The second kappa shape index (κ2) is 10.2. The summed E-state index contributed by atoms with van der Waals surface area (Å²) in [5.41, 5.74) is 0.891. The molecule has 2 fully saturated rings. The highest BCUT2D eigenvalue weighted by atomic mass is 16.5. The Hall–Kier alpha value is -1.99. The van der Waals surface area contributed by atoms with Crippen molar-refractivity contribution in [1.29, 1.82) is 0 Å². The number of aliphatic hydroxyl groups is 1. The van der Waals surface area contributed by atoms with Crippen LogP contribution in [-0.4, -0.2) is 58.5 Å². The lowest BCUT2D eigenvalue weighted by molar-refractivity contribution is 0.0293. The molecule has 0 amide bonds. The zero-order valence-electron chi connectivity index (χ0n) is 17.2. The molecule has 0 radical (unpaired) electrons. The van der Waals surface area contributed by atoms with Gasteiger partial charge < -0.3 is 20.1 Å². The number of rotatable bonds is 7. The van der Waals surface area contributed by atoms with Crippen LogP contribution in [0.3, 0.4) is 0 Å². The molecule has 1 saturated carbocycles. The van der Waals surface area contributed by atoms with E-state index in [1.165, 1.54) is 38.5 Å². The molecule has 0 atom stereocenters. The maximum absolute atomic E-state index is 8.90. The van der Waals surface area contributed by atoms with Gasteiger partial charge in [0, 0.05) is 37.7 Å². The summed E-state index contributed by atoms with van der Waals surface area (Å²) >= 11 is 0. The Morgan fingerprint density at radius 3 is 2.59 bits per heavy atom. The van der Waals surface area contributed by atoms with E-state index in [0.717, 1.165) is 48.5 Å². The number of aliphatic hydroxyl groups excluding tert-OH is 1. The van der Waals surface area contributed by atoms with Crippen LogP contribution in [0.1, 0.15) is 57.8 Å². The van der Waals surface area contributed by atoms with Gasteiger partial charge >= 0.3 is 0 Å². The lowest BCUT2D eigenvalue weighted by Crippen LogP contribution is -2.37. The topological polar surface area (TPSA) is 83.4 Å². The van der Waals surface area contributed by atoms with Gasteiger partial charge in [-0.1, -0.05) is 25.7 Å². The Labute approximate surface area is 172 Å². The summed E-state index contributed by atoms with van der Waals surface area (Å²) in [4.78, 5) is 16.0. The largest absolute Gasteiger partial charge is 0.396 e. The fourth-order valence-electron chi connectivity index (χ4n) is 4.42. The number of anilines is 2. The van der Waals surface area contributed by atoms with Crippen LogP contribution < -0.4 is 10.2 Å². The van der Waals surface area contributed by atoms with E-state index in [2.05, 4.69) is 31.2 Å². The van der Waals surface area contributed by atoms with Crippen molar-refractivity contribution < 1.29 is 9.84 Å². The number of nitrogens with zero attached hydrogens (tertiary/aromatic N) is 4. The monoisotopic (exact) mass is 399 g/mol. The molecule has 0 unspecified atom stereocenters. The molecule has 0 spiro atoms. The van der Waals surface area contributed by atoms with Crippen LogP contribution in [-0.2, 0) is 4.74 Å². The van der Waals surface area contributed by atoms with E-state index in [9.17, 15) is 0 Å². The molecule has 1 aliphatic heterocycles. The van der Waals surface area contributed by atoms with E-state index >= 15 is 0 Å². The second-order valence-corrected chi connectivity index (χ2v) is 8.25. The van der Waals surface area contributed by atoms with Gasteiger partial charge in [-0.25, -0.2) is 15.0 Å². The van der Waals surface area contributed by atoms with Gasteiger partial charge in [-0.2, -0.15) is 0 Å². The zero-order valence-corrected chi connectivity index (χ0v) is 17.2. The number of hydrogen-bond donors (Lipinski definition) is 2. The smallest absolute Gasteiger partial charge is 0.137 e. The van der Waals surface area contributed by atoms with Crippen LogP contribution in [0.25, 0.3) is 10.9 Å². The Morgan fingerprint density at radius 1 is 1.03 bits per heavy atom. The van der Waals surface area contributed by atoms with Crippen molar-refractivity contribution in [2.75, 3.05) is 36.5 Å². The third-order valence-corrected chi connectivity index (χ3v) is 6.13. The highest BCUT2D eigenvalue weighted by molar-refractivity contribution is 5.90. The molecule has 2 N–H and O–H groups in total. The second-order valence-electron chi connectivity index (χ2n) is 8.25. The molecule has 2 aliphatic rings. The van der Waals surface area contributed by atoms with Gasteiger partial charge in [0.2, 0.25) is 0 Å². The number of hydrogen-bond acceptors (Lipinski definition) is 7. The lowest BCUT2D eigenvalue weighted by Gasteiger charge is -2.32. The van der Waals surface area contributed by atoms with Crippen LogP contribution in [0.15, 0.2) is 18.6 Å². The first-order chi connectivity index (χ1) is 14.3. The van der Waals surface area contributed by atoms with Crippen LogP contribution in [0, 0.1) is 0 Å². The van der Waals surface area contributed by atoms with E-state index in [4.69, 9.17) is 9.84 Å². The van der Waals surface area contributed by atoms with Gasteiger partial charge in [0.05, 0.1) is 17.8 Å². The van der Waals surface area contributed by atoms with Gasteiger partial charge in [0.25, 0.3) is 0 Å². The highest BCUT2D eigenvalue weighted by Gasteiger charge is 2.21. The molecule has 1 aliphatic carbocycles. The maximum atomic E-state index is 8.90. The quantitative estimate of drug-likeness (QED) is 0.544. The molecule has 29 heavy (non-hydrogen) atoms. The zero-order chi connectivity index (χ0) is 19.9. The minimum absolute atomic E-state index is 0.194. The summed E-state index contributed by atoms with van der Waals surface area (Å²) in [5, 5.41) is 13.7. The summed E-state index contributed by atoms with van der Waals surface area (Å²) < 4.78 is 5.85. The van der Waals surface area contributed by atoms with Crippen molar-refractivity contribution in [2.24, 2.45) is 0 Å². The van der Waals surface area contributed by atoms with Crippen molar-refractivity contribution in [3.05, 3.63) is 18.6 Å². The van der Waals surface area contributed by atoms with E-state index < -0.39 is 0 Å². The normalized spacial score (nSPS) is 19.4. The first kappa shape index (κ1) is 20.3. The van der Waals surface area contributed by atoms with E-state index in [1.54, 1.807) is 6.33 Å². The van der Waals surface area contributed by atoms with Crippen LogP contribution in [0.5, 0.6) is 0 Å². The first-order valence-electron chi connectivity index (χ1n) is 11.2. The van der Waals surface area contributed by atoms with Crippen molar-refractivity contribution in [3.8, 4) is 0 Å². The Kier molecular flexibility index (Phi) is 7.11. The molecule has 4 rings (SSSR count). The summed E-state index contributed by atoms with van der Waals surface area (Å²) in [6.07, 6.45) is 14.2. The molecular formula is C22H33N5O2. The molecule has 1 saturated heterocycles. The molecule has 7 nitrogen and oxygen atoms in total. The van der Waals surface area contributed by atoms with Crippen molar-refractivity contribution in [1.82, 2.24) is 15.0 Å². The van der Waals surface area contributed by atoms with Gasteiger partial charge in [0.1, 0.15) is 18.0 Å². The van der Waals surface area contributed by atoms with Crippen molar-refractivity contribution in [2.45, 2.75) is 69.9 Å². The Morgan fingerprint density at radius 2 is 1.83 bits per heavy atom. The molecule has 3 heterocycles. The Balaban J connectivity index is 1.44. The SMILES string of the molecule is OCCCOC1CCN(c2cc3c(NC4CCCCCC4)ncnc3cn2)CC1. The van der Waals surface area contributed by atoms with Crippen LogP contribution in [0.4, 0.5) is 11.6 Å². The lowest BCUT2D eigenvalue weighted by atomic mass is 10.1. The number of ether oxygens (including phenoxy) is 1. The fourth-order valence-corrected chi connectivity index (χ4v) is 4.42. The summed E-state index contributed by atoms with van der Waals surface area (Å²) in [6, 6.07) is 2.64. The van der Waals surface area contributed by atoms with Crippen molar-refractivity contribution >= 4 is 22.5 Å². The molecule has 7 heteroatoms. The average molecular weight is 400 g/mol. The number of aromatic nitrogens is 3. The van der Waals surface area contributed by atoms with E-state index in [-0.39, 0.29) is 12.7 Å². The minimum atomic E-state index is 0.194. The number of piperidine rings is 1. The molecule has 0 aromatic carbocycles. The molecule has 0 bridgehead atoms. The van der Waals surface area contributed by atoms with Crippen LogP contribution >= 0.6 is 0 Å². The number of nitrogens with one attached hydrogen (secondary N) is 1. The molecule has 158 valence electrons. The van der Waals surface area contributed by atoms with Gasteiger partial charge in [-0.3, -0.25) is 0 Å². The third-order valence-electron chi connectivity index (χ3n) is 6.13. The van der Waals surface area contributed by atoms with Gasteiger partial charge in [0.15, 0.2) is 0 Å². The van der Waals surface area contributed by atoms with Gasteiger partial charge in [-0.15, -0.1) is 0 Å². The predicted octanol–water partition coefficient (Wildman–Crippen LogP) is 3.53. The van der Waals surface area contributed by atoms with E-state index in [0.29, 0.717) is 19.1 Å². The predicted molar refractivity (Wildman–Crippen MR) is 115 cm³/mol. The fraction of sp³-hybridized carbons (Fsp3) is 0.682.